The number of pyridine rings is 1. The summed E-state index contributed by atoms with van der Waals surface area (Å²) in [4.78, 5) is 9.76. The van der Waals surface area contributed by atoms with Crippen molar-refractivity contribution in [1.29, 1.82) is 0 Å². The fourth-order valence-electron chi connectivity index (χ4n) is 4.40. The zero-order valence-corrected chi connectivity index (χ0v) is 15.7. The molecule has 1 unspecified atom stereocenters. The van der Waals surface area contributed by atoms with Crippen molar-refractivity contribution in [3.8, 4) is 0 Å². The molecule has 0 N–H and O–H groups in total. The monoisotopic (exact) mass is 357 g/mol. The first kappa shape index (κ1) is 17.7. The van der Waals surface area contributed by atoms with E-state index in [9.17, 15) is 4.39 Å². The van der Waals surface area contributed by atoms with Crippen LogP contribution in [0.3, 0.4) is 0 Å². The van der Waals surface area contributed by atoms with E-state index >= 15 is 0 Å². The summed E-state index contributed by atoms with van der Waals surface area (Å²) in [5.74, 6) is 1.56. The Hall–Kier alpha value is -1.72. The molecule has 0 amide bonds. The third kappa shape index (κ3) is 3.55. The Kier molecular flexibility index (Phi) is 5.09. The van der Waals surface area contributed by atoms with Crippen molar-refractivity contribution in [2.45, 2.75) is 32.7 Å². The molecule has 1 aromatic heterocycles. The smallest absolute Gasteiger partial charge is 0.129 e. The normalized spacial score (nSPS) is 21.3. The van der Waals surface area contributed by atoms with E-state index in [4.69, 9.17) is 9.72 Å². The van der Waals surface area contributed by atoms with Gasteiger partial charge in [-0.2, -0.15) is 0 Å². The number of benzene rings is 1. The third-order valence-corrected chi connectivity index (χ3v) is 6.13. The lowest BCUT2D eigenvalue weighted by Gasteiger charge is -2.41. The maximum absolute atomic E-state index is 13.5. The van der Waals surface area contributed by atoms with Crippen molar-refractivity contribution < 1.29 is 9.13 Å². The van der Waals surface area contributed by atoms with E-state index in [-0.39, 0.29) is 5.82 Å². The number of aryl methyl sites for hydroxylation is 1. The lowest BCUT2D eigenvalue weighted by atomic mass is 9.89. The summed E-state index contributed by atoms with van der Waals surface area (Å²) in [7, 11) is 0. The molecule has 3 heterocycles. The van der Waals surface area contributed by atoms with Gasteiger partial charge in [-0.15, -0.1) is 0 Å². The number of hydrogen-bond donors (Lipinski definition) is 0. The number of ether oxygens (including phenoxy) is 1. The molecular formula is C21H28FN3O. The molecule has 26 heavy (non-hydrogen) atoms. The van der Waals surface area contributed by atoms with E-state index in [0.29, 0.717) is 6.04 Å². The molecule has 0 radical (unpaired) electrons. The molecule has 140 valence electrons. The molecular weight excluding hydrogens is 329 g/mol. The Labute approximate surface area is 154 Å². The Bertz CT molecular complexity index is 767. The van der Waals surface area contributed by atoms with E-state index < -0.39 is 0 Å². The van der Waals surface area contributed by atoms with Crippen LogP contribution in [0.4, 0.5) is 10.2 Å². The topological polar surface area (TPSA) is 28.6 Å². The maximum Gasteiger partial charge on any atom is 0.129 e. The fraction of sp³-hybridized carbons (Fsp3) is 0.571. The van der Waals surface area contributed by atoms with Crippen LogP contribution in [-0.4, -0.2) is 55.3 Å². The zero-order chi connectivity index (χ0) is 18.1. The van der Waals surface area contributed by atoms with Crippen LogP contribution >= 0.6 is 0 Å². The van der Waals surface area contributed by atoms with Gasteiger partial charge in [0.1, 0.15) is 11.6 Å². The highest BCUT2D eigenvalue weighted by Crippen LogP contribution is 2.29. The summed E-state index contributed by atoms with van der Waals surface area (Å²) in [6, 6.07) is 7.59. The van der Waals surface area contributed by atoms with Gasteiger partial charge in [0, 0.05) is 37.6 Å². The molecule has 5 heteroatoms. The number of piperidine rings is 1. The average Bonchev–Trinajstić information content (AvgIpc) is 2.68. The minimum atomic E-state index is -0.201. The summed E-state index contributed by atoms with van der Waals surface area (Å²) in [5, 5.41) is 0.907. The minimum Gasteiger partial charge on any atom is -0.379 e. The highest BCUT2D eigenvalue weighted by Gasteiger charge is 2.29. The predicted molar refractivity (Wildman–Crippen MR) is 103 cm³/mol. The van der Waals surface area contributed by atoms with Crippen LogP contribution in [0, 0.1) is 18.7 Å². The summed E-state index contributed by atoms with van der Waals surface area (Å²) >= 11 is 0. The van der Waals surface area contributed by atoms with Gasteiger partial charge in [-0.25, -0.2) is 9.37 Å². The van der Waals surface area contributed by atoms with Gasteiger partial charge < -0.3 is 9.64 Å². The second kappa shape index (κ2) is 7.49. The summed E-state index contributed by atoms with van der Waals surface area (Å²) in [6.45, 7) is 10.3. The first-order valence-electron chi connectivity index (χ1n) is 9.75. The molecule has 0 spiro atoms. The van der Waals surface area contributed by atoms with Crippen LogP contribution in [0.15, 0.2) is 24.3 Å². The quantitative estimate of drug-likeness (QED) is 0.839. The van der Waals surface area contributed by atoms with E-state index in [0.717, 1.165) is 67.6 Å². The molecule has 2 aromatic rings. The molecule has 2 aliphatic rings. The van der Waals surface area contributed by atoms with Gasteiger partial charge >= 0.3 is 0 Å². The molecule has 1 atom stereocenters. The highest BCUT2D eigenvalue weighted by atomic mass is 19.1. The highest BCUT2D eigenvalue weighted by molar-refractivity contribution is 5.84. The van der Waals surface area contributed by atoms with Crippen molar-refractivity contribution >= 4 is 16.7 Å². The summed E-state index contributed by atoms with van der Waals surface area (Å²) in [5.41, 5.74) is 1.97. The van der Waals surface area contributed by atoms with Crippen LogP contribution in [0.2, 0.25) is 0 Å². The number of anilines is 1. The van der Waals surface area contributed by atoms with Crippen LogP contribution in [-0.2, 0) is 4.74 Å². The van der Waals surface area contributed by atoms with Crippen molar-refractivity contribution in [3.63, 3.8) is 0 Å². The van der Waals surface area contributed by atoms with Gasteiger partial charge in [0.2, 0.25) is 0 Å². The zero-order valence-electron chi connectivity index (χ0n) is 15.7. The molecule has 4 nitrogen and oxygen atoms in total. The molecule has 1 aromatic carbocycles. The number of morpholine rings is 1. The molecule has 2 saturated heterocycles. The van der Waals surface area contributed by atoms with Gasteiger partial charge in [-0.1, -0.05) is 0 Å². The number of aromatic nitrogens is 1. The van der Waals surface area contributed by atoms with Gasteiger partial charge in [0.05, 0.1) is 18.7 Å². The maximum atomic E-state index is 13.5. The molecule has 0 saturated carbocycles. The lowest BCUT2D eigenvalue weighted by molar-refractivity contribution is 0.00448. The molecule has 0 bridgehead atoms. The number of halogens is 1. The van der Waals surface area contributed by atoms with Crippen molar-refractivity contribution in [2.75, 3.05) is 44.3 Å². The molecule has 2 fully saturated rings. The van der Waals surface area contributed by atoms with Crippen LogP contribution in [0.25, 0.3) is 10.9 Å². The Morgan fingerprint density at radius 3 is 2.58 bits per heavy atom. The van der Waals surface area contributed by atoms with Crippen LogP contribution in [0.5, 0.6) is 0 Å². The molecule has 0 aliphatic carbocycles. The lowest BCUT2D eigenvalue weighted by Crippen LogP contribution is -2.48. The van der Waals surface area contributed by atoms with Crippen LogP contribution < -0.4 is 4.90 Å². The van der Waals surface area contributed by atoms with Gasteiger partial charge in [-0.05, 0) is 62.4 Å². The number of rotatable bonds is 3. The predicted octanol–water partition coefficient (Wildman–Crippen LogP) is 3.62. The van der Waals surface area contributed by atoms with Crippen molar-refractivity contribution in [2.24, 2.45) is 5.92 Å². The van der Waals surface area contributed by atoms with E-state index in [1.54, 1.807) is 12.1 Å². The van der Waals surface area contributed by atoms with Gasteiger partial charge in [0.25, 0.3) is 0 Å². The van der Waals surface area contributed by atoms with Gasteiger partial charge in [-0.3, -0.25) is 4.90 Å². The minimum absolute atomic E-state index is 0.201. The summed E-state index contributed by atoms with van der Waals surface area (Å²) < 4.78 is 19.0. The molecule has 2 aliphatic heterocycles. The first-order chi connectivity index (χ1) is 12.6. The van der Waals surface area contributed by atoms with Gasteiger partial charge in [0.15, 0.2) is 0 Å². The number of nitrogens with zero attached hydrogens (tertiary/aromatic N) is 3. The van der Waals surface area contributed by atoms with E-state index in [2.05, 4.69) is 22.8 Å². The number of hydrogen-bond acceptors (Lipinski definition) is 4. The Balaban J connectivity index is 1.44. The van der Waals surface area contributed by atoms with E-state index in [1.807, 2.05) is 6.92 Å². The largest absolute Gasteiger partial charge is 0.379 e. The molecule has 4 rings (SSSR count). The second-order valence-electron chi connectivity index (χ2n) is 7.67. The average molecular weight is 357 g/mol. The van der Waals surface area contributed by atoms with Crippen molar-refractivity contribution in [3.05, 3.63) is 35.6 Å². The standard InChI is InChI=1S/C21H28FN3O/c1-15-13-21(23-20-4-3-18(22)14-19(15)20)25-7-5-17(6-8-25)16(2)24-9-11-26-12-10-24/h3-4,13-14,16-17H,5-12H2,1-2H3. The van der Waals surface area contributed by atoms with Crippen molar-refractivity contribution in [1.82, 2.24) is 9.88 Å². The fourth-order valence-corrected chi connectivity index (χ4v) is 4.40. The Morgan fingerprint density at radius 1 is 1.12 bits per heavy atom. The SMILES string of the molecule is Cc1cc(N2CCC(C(C)N3CCOCC3)CC2)nc2ccc(F)cc12. The Morgan fingerprint density at radius 2 is 1.85 bits per heavy atom. The summed E-state index contributed by atoms with van der Waals surface area (Å²) in [6.07, 6.45) is 2.39. The van der Waals surface area contributed by atoms with E-state index in [1.165, 1.54) is 18.9 Å². The number of fused-ring (bicyclic) bond motifs is 1. The second-order valence-corrected chi connectivity index (χ2v) is 7.67. The first-order valence-corrected chi connectivity index (χ1v) is 9.75. The third-order valence-electron chi connectivity index (χ3n) is 6.13. The van der Waals surface area contributed by atoms with Crippen LogP contribution in [0.1, 0.15) is 25.3 Å².